The van der Waals surface area contributed by atoms with E-state index in [2.05, 4.69) is 20.8 Å². The number of rotatable bonds is 4. The van der Waals surface area contributed by atoms with Crippen molar-refractivity contribution in [2.45, 2.75) is 58.2 Å². The van der Waals surface area contributed by atoms with Crippen LogP contribution in [-0.4, -0.2) is 23.5 Å². The van der Waals surface area contributed by atoms with Crippen molar-refractivity contribution in [2.75, 3.05) is 0 Å². The zero-order valence-corrected chi connectivity index (χ0v) is 14.7. The number of fused-ring (bicyclic) bond motifs is 1. The smallest absolute Gasteiger partial charge is 0.343 e. The third-order valence-electron chi connectivity index (χ3n) is 5.53. The summed E-state index contributed by atoms with van der Waals surface area (Å²) in [4.78, 5) is 22.5. The third kappa shape index (κ3) is 2.59. The molecule has 4 heteroatoms. The molecule has 0 bridgehead atoms. The molecule has 2 heterocycles. The zero-order chi connectivity index (χ0) is 17.6. The maximum Gasteiger partial charge on any atom is 0.343 e. The van der Waals surface area contributed by atoms with Crippen molar-refractivity contribution in [1.82, 2.24) is 0 Å². The van der Waals surface area contributed by atoms with E-state index in [9.17, 15) is 9.59 Å². The minimum Gasteiger partial charge on any atom is -0.423 e. The Bertz CT molecular complexity index is 707. The fourth-order valence-corrected chi connectivity index (χ4v) is 4.09. The Morgan fingerprint density at radius 1 is 1.25 bits per heavy atom. The summed E-state index contributed by atoms with van der Waals surface area (Å²) in [6.45, 7) is 8.38. The van der Waals surface area contributed by atoms with Crippen LogP contribution >= 0.6 is 0 Å². The molecule has 2 unspecified atom stereocenters. The van der Waals surface area contributed by atoms with E-state index in [1.165, 1.54) is 12.5 Å². The van der Waals surface area contributed by atoms with Gasteiger partial charge in [0.15, 0.2) is 0 Å². The molecule has 1 saturated carbocycles. The van der Waals surface area contributed by atoms with Crippen molar-refractivity contribution in [3.8, 4) is 0 Å². The van der Waals surface area contributed by atoms with Crippen molar-refractivity contribution in [1.29, 1.82) is 0 Å². The first-order valence-electron chi connectivity index (χ1n) is 8.40. The van der Waals surface area contributed by atoms with Gasteiger partial charge in [0.25, 0.3) is 0 Å². The molecule has 1 saturated heterocycles. The highest BCUT2D eigenvalue weighted by Crippen LogP contribution is 2.66. The fourth-order valence-electron chi connectivity index (χ4n) is 4.09. The van der Waals surface area contributed by atoms with Crippen LogP contribution in [-0.2, 0) is 19.1 Å². The number of carbonyl (C=O) groups is 2. The third-order valence-corrected chi connectivity index (χ3v) is 5.53. The van der Waals surface area contributed by atoms with Crippen molar-refractivity contribution < 1.29 is 19.1 Å². The van der Waals surface area contributed by atoms with Crippen LogP contribution in [0.5, 0.6) is 0 Å². The van der Waals surface area contributed by atoms with Crippen LogP contribution in [0.15, 0.2) is 47.3 Å². The van der Waals surface area contributed by atoms with Gasteiger partial charge in [-0.2, -0.15) is 0 Å². The molecule has 128 valence electrons. The molecule has 24 heavy (non-hydrogen) atoms. The molecular weight excluding hydrogens is 304 g/mol. The van der Waals surface area contributed by atoms with Gasteiger partial charge < -0.3 is 9.47 Å². The van der Waals surface area contributed by atoms with E-state index in [1.807, 2.05) is 12.2 Å². The first-order chi connectivity index (χ1) is 11.2. The second-order valence-corrected chi connectivity index (χ2v) is 7.72. The molecular formula is C20H24O4. The largest absolute Gasteiger partial charge is 0.423 e. The van der Waals surface area contributed by atoms with Crippen LogP contribution < -0.4 is 0 Å². The second-order valence-electron chi connectivity index (χ2n) is 7.72. The Kier molecular flexibility index (Phi) is 3.91. The van der Waals surface area contributed by atoms with Crippen molar-refractivity contribution >= 4 is 12.3 Å². The first kappa shape index (κ1) is 16.9. The molecule has 0 aromatic heterocycles. The van der Waals surface area contributed by atoms with E-state index in [0.29, 0.717) is 17.6 Å². The summed E-state index contributed by atoms with van der Waals surface area (Å²) in [6.07, 6.45) is 12.7. The molecule has 0 spiro atoms. The van der Waals surface area contributed by atoms with Gasteiger partial charge >= 0.3 is 5.97 Å². The van der Waals surface area contributed by atoms with Crippen molar-refractivity contribution in [3.63, 3.8) is 0 Å². The monoisotopic (exact) mass is 328 g/mol. The molecule has 3 rings (SSSR count). The molecule has 0 N–H and O–H groups in total. The maximum atomic E-state index is 12.0. The van der Waals surface area contributed by atoms with E-state index in [0.717, 1.165) is 18.4 Å². The number of hydrogen-bond acceptors (Lipinski definition) is 4. The van der Waals surface area contributed by atoms with Gasteiger partial charge in [-0.25, -0.2) is 4.79 Å². The molecule has 4 nitrogen and oxygen atoms in total. The number of esters is 1. The number of cyclic esters (lactones) is 1. The summed E-state index contributed by atoms with van der Waals surface area (Å²) < 4.78 is 11.4. The van der Waals surface area contributed by atoms with E-state index in [1.54, 1.807) is 19.1 Å². The van der Waals surface area contributed by atoms with Crippen LogP contribution in [0.1, 0.15) is 47.0 Å². The van der Waals surface area contributed by atoms with E-state index >= 15 is 0 Å². The number of carbonyl (C=O) groups excluding carboxylic acids is 2. The van der Waals surface area contributed by atoms with Gasteiger partial charge in [0.1, 0.15) is 17.6 Å². The number of allylic oxidation sites excluding steroid dienone is 4. The Morgan fingerprint density at radius 2 is 2.00 bits per heavy atom. The molecule has 3 aliphatic rings. The molecule has 0 amide bonds. The SMILES string of the molecule is CC(=C\C=O)/C=C1C=C(/C=C/C23OC2(C)CCCC3(C)C)C(=O)O\1. The van der Waals surface area contributed by atoms with Gasteiger partial charge in [-0.05, 0) is 69.1 Å². The highest BCUT2D eigenvalue weighted by atomic mass is 16.6. The molecule has 2 fully saturated rings. The summed E-state index contributed by atoms with van der Waals surface area (Å²) >= 11 is 0. The highest BCUT2D eigenvalue weighted by molar-refractivity contribution is 5.95. The van der Waals surface area contributed by atoms with E-state index in [4.69, 9.17) is 9.47 Å². The fraction of sp³-hybridized carbons (Fsp3) is 0.500. The normalized spacial score (nSPS) is 36.5. The minimum absolute atomic E-state index is 0.0432. The quantitative estimate of drug-likeness (QED) is 0.341. The van der Waals surface area contributed by atoms with Gasteiger partial charge in [-0.15, -0.1) is 0 Å². The molecule has 0 radical (unpaired) electrons. The van der Waals surface area contributed by atoms with Crippen LogP contribution in [0.4, 0.5) is 0 Å². The van der Waals surface area contributed by atoms with Crippen LogP contribution in [0, 0.1) is 5.41 Å². The lowest BCUT2D eigenvalue weighted by atomic mass is 9.64. The van der Waals surface area contributed by atoms with E-state index in [-0.39, 0.29) is 22.6 Å². The van der Waals surface area contributed by atoms with Gasteiger partial charge in [-0.1, -0.05) is 13.8 Å². The summed E-state index contributed by atoms with van der Waals surface area (Å²) in [5, 5.41) is 0. The number of epoxide rings is 1. The van der Waals surface area contributed by atoms with Crippen molar-refractivity contribution in [3.05, 3.63) is 47.3 Å². The summed E-state index contributed by atoms with van der Waals surface area (Å²) in [7, 11) is 0. The summed E-state index contributed by atoms with van der Waals surface area (Å²) in [5.74, 6) is 0.0823. The van der Waals surface area contributed by atoms with Crippen molar-refractivity contribution in [2.24, 2.45) is 5.41 Å². The number of aldehydes is 1. The molecule has 0 aromatic carbocycles. The second kappa shape index (κ2) is 5.55. The lowest BCUT2D eigenvalue weighted by molar-refractivity contribution is -0.132. The topological polar surface area (TPSA) is 55.9 Å². The summed E-state index contributed by atoms with van der Waals surface area (Å²) in [5.41, 5.74) is 0.852. The predicted molar refractivity (Wildman–Crippen MR) is 91.1 cm³/mol. The highest BCUT2D eigenvalue weighted by Gasteiger charge is 2.73. The molecule has 1 aliphatic carbocycles. The van der Waals surface area contributed by atoms with E-state index < -0.39 is 0 Å². The summed E-state index contributed by atoms with van der Waals surface area (Å²) in [6, 6.07) is 0. The lowest BCUT2D eigenvalue weighted by Crippen LogP contribution is -2.41. The van der Waals surface area contributed by atoms with Crippen LogP contribution in [0.3, 0.4) is 0 Å². The zero-order valence-electron chi connectivity index (χ0n) is 14.7. The van der Waals surface area contributed by atoms with Crippen LogP contribution in [0.25, 0.3) is 0 Å². The Labute approximate surface area is 142 Å². The Hall–Kier alpha value is -1.94. The lowest BCUT2D eigenvalue weighted by Gasteiger charge is -2.36. The predicted octanol–water partition coefficient (Wildman–Crippen LogP) is 3.79. The standard InChI is InChI=1S/C20H24O4/c1-14(7-11-21)12-16-13-15(17(22)23-16)6-10-20-18(2,3)8-5-9-19(20,4)24-20/h6-7,10-13H,5,8-9H2,1-4H3/b10-6+,14-7+,16-12+. The average molecular weight is 328 g/mol. The number of ether oxygens (including phenoxy) is 2. The van der Waals surface area contributed by atoms with Gasteiger partial charge in [0, 0.05) is 5.41 Å². The molecule has 2 aliphatic heterocycles. The Balaban J connectivity index is 1.83. The van der Waals surface area contributed by atoms with Gasteiger partial charge in [-0.3, -0.25) is 4.79 Å². The van der Waals surface area contributed by atoms with Gasteiger partial charge in [0.05, 0.1) is 11.2 Å². The maximum absolute atomic E-state index is 12.0. The molecule has 0 aromatic rings. The van der Waals surface area contributed by atoms with Crippen LogP contribution in [0.2, 0.25) is 0 Å². The average Bonchev–Trinajstić information content (AvgIpc) is 2.97. The molecule has 2 atom stereocenters. The number of hydrogen-bond donors (Lipinski definition) is 0. The minimum atomic E-state index is -0.372. The first-order valence-corrected chi connectivity index (χ1v) is 8.40. The Morgan fingerprint density at radius 3 is 2.67 bits per heavy atom. The van der Waals surface area contributed by atoms with Gasteiger partial charge in [0.2, 0.25) is 0 Å².